The fourth-order valence-electron chi connectivity index (χ4n) is 2.89. The molecule has 0 spiro atoms. The maximum absolute atomic E-state index is 3.99. The molecule has 106 valence electrons. The third-order valence-corrected chi connectivity index (χ3v) is 4.86. The molecular weight excluding hydrogens is 286 g/mol. The highest BCUT2D eigenvalue weighted by atomic mass is 32.1. The molecule has 2 heterocycles. The lowest BCUT2D eigenvalue weighted by Crippen LogP contribution is -1.77. The van der Waals surface area contributed by atoms with Crippen LogP contribution in [0.4, 0.5) is 0 Å². The summed E-state index contributed by atoms with van der Waals surface area (Å²) in [4.78, 5) is 3.99. The number of pyridine rings is 1. The van der Waals surface area contributed by atoms with Gasteiger partial charge >= 0.3 is 0 Å². The summed E-state index contributed by atoms with van der Waals surface area (Å²) in [6, 6.07) is 21.4. The van der Waals surface area contributed by atoms with Gasteiger partial charge in [-0.25, -0.2) is 0 Å². The van der Waals surface area contributed by atoms with Crippen molar-refractivity contribution in [3.63, 3.8) is 0 Å². The number of fused-ring (bicyclic) bond motifs is 4. The topological polar surface area (TPSA) is 12.9 Å². The summed E-state index contributed by atoms with van der Waals surface area (Å²) >= 11 is 1.75. The minimum atomic E-state index is 1.10. The van der Waals surface area contributed by atoms with Gasteiger partial charge in [0.1, 0.15) is 0 Å². The standard InChI is InChI=1S/C13H10.C7H5NS/c1-3-7-12-10(5-1)9-11-6-2-4-8-13(11)12;1-3-8-5-6-2-4-9-7(1)6/h1-8H,9H2;1-5H. The third-order valence-electron chi connectivity index (χ3n) is 3.96. The molecule has 0 aliphatic heterocycles. The summed E-state index contributed by atoms with van der Waals surface area (Å²) in [6.07, 6.45) is 4.80. The number of rotatable bonds is 0. The minimum Gasteiger partial charge on any atom is -0.264 e. The Hall–Kier alpha value is -2.45. The molecule has 4 aromatic rings. The van der Waals surface area contributed by atoms with Crippen LogP contribution >= 0.6 is 11.3 Å². The molecule has 1 aliphatic rings. The summed E-state index contributed by atoms with van der Waals surface area (Å²) in [7, 11) is 0. The van der Waals surface area contributed by atoms with Gasteiger partial charge in [0, 0.05) is 22.5 Å². The molecule has 0 amide bonds. The quantitative estimate of drug-likeness (QED) is 0.365. The van der Waals surface area contributed by atoms with Crippen LogP contribution in [0.2, 0.25) is 0 Å². The van der Waals surface area contributed by atoms with Crippen molar-refractivity contribution in [2.75, 3.05) is 0 Å². The molecule has 2 aromatic heterocycles. The van der Waals surface area contributed by atoms with E-state index in [4.69, 9.17) is 0 Å². The predicted octanol–water partition coefficient (Wildman–Crippen LogP) is 5.55. The van der Waals surface area contributed by atoms with Crippen LogP contribution in [0.1, 0.15) is 11.1 Å². The van der Waals surface area contributed by atoms with Crippen LogP contribution in [0.15, 0.2) is 78.4 Å². The van der Waals surface area contributed by atoms with Crippen molar-refractivity contribution in [1.29, 1.82) is 0 Å². The predicted molar refractivity (Wildman–Crippen MR) is 94.3 cm³/mol. The maximum atomic E-state index is 3.99. The molecule has 0 atom stereocenters. The van der Waals surface area contributed by atoms with E-state index in [1.165, 1.54) is 32.3 Å². The average Bonchev–Trinajstić information content (AvgIpc) is 3.19. The Morgan fingerprint density at radius 2 is 1.45 bits per heavy atom. The van der Waals surface area contributed by atoms with E-state index in [0.29, 0.717) is 0 Å². The maximum Gasteiger partial charge on any atom is 0.0373 e. The number of hydrogen-bond acceptors (Lipinski definition) is 2. The molecule has 0 saturated carbocycles. The summed E-state index contributed by atoms with van der Waals surface area (Å²) in [6.45, 7) is 0. The lowest BCUT2D eigenvalue weighted by atomic mass is 10.1. The van der Waals surface area contributed by atoms with Gasteiger partial charge in [0.15, 0.2) is 0 Å². The highest BCUT2D eigenvalue weighted by Crippen LogP contribution is 2.35. The van der Waals surface area contributed by atoms with Crippen molar-refractivity contribution in [1.82, 2.24) is 4.98 Å². The van der Waals surface area contributed by atoms with Crippen LogP contribution < -0.4 is 0 Å². The molecule has 0 N–H and O–H groups in total. The van der Waals surface area contributed by atoms with E-state index >= 15 is 0 Å². The fraction of sp³-hybridized carbons (Fsp3) is 0.0500. The van der Waals surface area contributed by atoms with Crippen LogP contribution in [-0.2, 0) is 6.42 Å². The first-order valence-electron chi connectivity index (χ1n) is 7.35. The molecular formula is C20H15NS. The lowest BCUT2D eigenvalue weighted by molar-refractivity contribution is 1.26. The lowest BCUT2D eigenvalue weighted by Gasteiger charge is -1.98. The molecule has 22 heavy (non-hydrogen) atoms. The second kappa shape index (κ2) is 5.74. The van der Waals surface area contributed by atoms with Gasteiger partial charge in [-0.2, -0.15) is 0 Å². The van der Waals surface area contributed by atoms with Gasteiger partial charge in [0.25, 0.3) is 0 Å². The zero-order valence-electron chi connectivity index (χ0n) is 12.1. The number of hydrogen-bond donors (Lipinski definition) is 0. The summed E-state index contributed by atoms with van der Waals surface area (Å²) in [5, 5.41) is 3.31. The summed E-state index contributed by atoms with van der Waals surface area (Å²) < 4.78 is 1.31. The average molecular weight is 301 g/mol. The van der Waals surface area contributed by atoms with E-state index in [9.17, 15) is 0 Å². The van der Waals surface area contributed by atoms with Crippen molar-refractivity contribution in [3.8, 4) is 11.1 Å². The molecule has 0 radical (unpaired) electrons. The van der Waals surface area contributed by atoms with E-state index in [0.717, 1.165) is 6.42 Å². The molecule has 1 aliphatic carbocycles. The highest BCUT2D eigenvalue weighted by Gasteiger charge is 2.15. The normalized spacial score (nSPS) is 11.5. The Morgan fingerprint density at radius 3 is 2.14 bits per heavy atom. The van der Waals surface area contributed by atoms with E-state index in [1.807, 2.05) is 18.5 Å². The summed E-state index contributed by atoms with van der Waals surface area (Å²) in [5.41, 5.74) is 5.75. The second-order valence-electron chi connectivity index (χ2n) is 5.33. The van der Waals surface area contributed by atoms with Crippen LogP contribution in [-0.4, -0.2) is 4.98 Å². The fourth-order valence-corrected chi connectivity index (χ4v) is 3.64. The molecule has 2 aromatic carbocycles. The highest BCUT2D eigenvalue weighted by molar-refractivity contribution is 7.17. The number of nitrogens with zero attached hydrogens (tertiary/aromatic N) is 1. The first-order chi connectivity index (χ1) is 10.9. The summed E-state index contributed by atoms with van der Waals surface area (Å²) in [5.74, 6) is 0. The zero-order valence-corrected chi connectivity index (χ0v) is 12.9. The monoisotopic (exact) mass is 301 g/mol. The largest absolute Gasteiger partial charge is 0.264 e. The molecule has 0 unspecified atom stereocenters. The Kier molecular flexibility index (Phi) is 3.45. The zero-order chi connectivity index (χ0) is 14.8. The van der Waals surface area contributed by atoms with Crippen molar-refractivity contribution in [3.05, 3.63) is 89.6 Å². The Balaban J connectivity index is 0.000000122. The van der Waals surface area contributed by atoms with Gasteiger partial charge in [-0.3, -0.25) is 4.98 Å². The van der Waals surface area contributed by atoms with Gasteiger partial charge in [0.05, 0.1) is 0 Å². The van der Waals surface area contributed by atoms with Crippen LogP contribution in [0.25, 0.3) is 21.2 Å². The van der Waals surface area contributed by atoms with Gasteiger partial charge in [-0.15, -0.1) is 11.3 Å². The van der Waals surface area contributed by atoms with Gasteiger partial charge in [-0.05, 0) is 46.2 Å². The Labute approximate surface area is 133 Å². The molecule has 1 nitrogen and oxygen atoms in total. The van der Waals surface area contributed by atoms with E-state index in [-0.39, 0.29) is 0 Å². The number of aromatic nitrogens is 1. The van der Waals surface area contributed by atoms with E-state index in [2.05, 4.69) is 65.0 Å². The first kappa shape index (κ1) is 13.2. The van der Waals surface area contributed by atoms with E-state index in [1.54, 1.807) is 11.3 Å². The smallest absolute Gasteiger partial charge is 0.0373 e. The third kappa shape index (κ3) is 2.42. The molecule has 2 heteroatoms. The Morgan fingerprint density at radius 1 is 0.773 bits per heavy atom. The van der Waals surface area contributed by atoms with Crippen LogP contribution in [0.3, 0.4) is 0 Å². The van der Waals surface area contributed by atoms with Gasteiger partial charge in [-0.1, -0.05) is 48.5 Å². The molecule has 5 rings (SSSR count). The van der Waals surface area contributed by atoms with E-state index < -0.39 is 0 Å². The molecule has 0 fully saturated rings. The van der Waals surface area contributed by atoms with Crippen LogP contribution in [0, 0.1) is 0 Å². The van der Waals surface area contributed by atoms with Crippen molar-refractivity contribution in [2.45, 2.75) is 6.42 Å². The number of benzene rings is 2. The molecule has 0 saturated heterocycles. The first-order valence-corrected chi connectivity index (χ1v) is 8.23. The minimum absolute atomic E-state index is 1.10. The number of thiophene rings is 1. The SMILES string of the molecule is c1cc2sccc2cn1.c1ccc2c(c1)Cc1ccccc1-2. The van der Waals surface area contributed by atoms with Crippen LogP contribution in [0.5, 0.6) is 0 Å². The van der Waals surface area contributed by atoms with Gasteiger partial charge < -0.3 is 0 Å². The van der Waals surface area contributed by atoms with Gasteiger partial charge in [0.2, 0.25) is 0 Å². The van der Waals surface area contributed by atoms with Crippen molar-refractivity contribution in [2.24, 2.45) is 0 Å². The Bertz CT molecular complexity index is 850. The van der Waals surface area contributed by atoms with Crippen molar-refractivity contribution < 1.29 is 0 Å². The second-order valence-corrected chi connectivity index (χ2v) is 6.27. The van der Waals surface area contributed by atoms with Crippen molar-refractivity contribution >= 4 is 21.4 Å². The molecule has 0 bridgehead atoms.